The molecule has 0 bridgehead atoms. The van der Waals surface area contributed by atoms with E-state index in [2.05, 4.69) is 56.0 Å². The molecule has 2 unspecified atom stereocenters. The van der Waals surface area contributed by atoms with Gasteiger partial charge in [0.05, 0.1) is 0 Å². The van der Waals surface area contributed by atoms with Crippen LogP contribution in [0.5, 0.6) is 0 Å². The molecule has 1 nitrogen and oxygen atoms in total. The molecule has 0 aliphatic carbocycles. The van der Waals surface area contributed by atoms with Crippen molar-refractivity contribution in [3.63, 3.8) is 0 Å². The van der Waals surface area contributed by atoms with E-state index in [1.54, 1.807) is 0 Å². The van der Waals surface area contributed by atoms with E-state index in [0.717, 1.165) is 5.92 Å². The molecule has 1 aromatic rings. The average Bonchev–Trinajstić information content (AvgIpc) is 2.62. The van der Waals surface area contributed by atoms with Crippen molar-refractivity contribution in [3.8, 4) is 0 Å². The molecule has 0 saturated carbocycles. The zero-order chi connectivity index (χ0) is 10.8. The minimum absolute atomic E-state index is 0.640. The summed E-state index contributed by atoms with van der Waals surface area (Å²) in [5, 5.41) is 0. The van der Waals surface area contributed by atoms with Crippen molar-refractivity contribution in [2.24, 2.45) is 5.92 Å². The molecule has 2 atom stereocenters. The van der Waals surface area contributed by atoms with E-state index >= 15 is 0 Å². The van der Waals surface area contributed by atoms with E-state index < -0.39 is 0 Å². The second kappa shape index (κ2) is 4.36. The van der Waals surface area contributed by atoms with Crippen LogP contribution in [0.15, 0.2) is 30.3 Å². The highest BCUT2D eigenvalue weighted by atomic mass is 15.2. The van der Waals surface area contributed by atoms with Gasteiger partial charge in [0.25, 0.3) is 0 Å². The molecule has 15 heavy (non-hydrogen) atoms. The Kier molecular flexibility index (Phi) is 3.11. The molecule has 0 amide bonds. The van der Waals surface area contributed by atoms with Gasteiger partial charge >= 0.3 is 0 Å². The number of hydrogen-bond acceptors (Lipinski definition) is 1. The Morgan fingerprint density at radius 3 is 2.47 bits per heavy atom. The number of hydrogen-bond donors (Lipinski definition) is 0. The van der Waals surface area contributed by atoms with E-state index in [-0.39, 0.29) is 0 Å². The normalized spacial score (nSPS) is 27.5. The van der Waals surface area contributed by atoms with E-state index in [9.17, 15) is 0 Å². The number of nitrogens with zero attached hydrogens (tertiary/aromatic N) is 1. The van der Waals surface area contributed by atoms with Crippen molar-refractivity contribution >= 4 is 0 Å². The maximum absolute atomic E-state index is 2.62. The van der Waals surface area contributed by atoms with Gasteiger partial charge in [-0.25, -0.2) is 0 Å². The highest BCUT2D eigenvalue weighted by Gasteiger charge is 2.31. The maximum atomic E-state index is 2.62. The largest absolute Gasteiger partial charge is 0.294 e. The Morgan fingerprint density at radius 1 is 1.20 bits per heavy atom. The molecule has 1 aromatic carbocycles. The zero-order valence-electron chi connectivity index (χ0n) is 9.98. The molecule has 1 aliphatic heterocycles. The predicted octanol–water partition coefficient (Wildman–Crippen LogP) is 3.48. The molecule has 1 fully saturated rings. The van der Waals surface area contributed by atoms with Gasteiger partial charge in [-0.2, -0.15) is 0 Å². The van der Waals surface area contributed by atoms with Crippen LogP contribution in [0, 0.1) is 5.92 Å². The van der Waals surface area contributed by atoms with E-state index in [1.165, 1.54) is 18.5 Å². The fourth-order valence-corrected chi connectivity index (χ4v) is 2.65. The molecule has 82 valence electrons. The lowest BCUT2D eigenvalue weighted by Gasteiger charge is -2.28. The van der Waals surface area contributed by atoms with Gasteiger partial charge in [-0.3, -0.25) is 4.90 Å². The summed E-state index contributed by atoms with van der Waals surface area (Å²) in [5.41, 5.74) is 1.48. The lowest BCUT2D eigenvalue weighted by atomic mass is 10.0. The molecular weight excluding hydrogens is 182 g/mol. The van der Waals surface area contributed by atoms with Gasteiger partial charge in [-0.05, 0) is 31.7 Å². The monoisotopic (exact) mass is 203 g/mol. The molecule has 0 N–H and O–H groups in total. The van der Waals surface area contributed by atoms with Gasteiger partial charge in [0, 0.05) is 18.6 Å². The summed E-state index contributed by atoms with van der Waals surface area (Å²) in [7, 11) is 0. The number of likely N-dealkylation sites (tertiary alicyclic amines) is 1. The fraction of sp³-hybridized carbons (Fsp3) is 0.571. The summed E-state index contributed by atoms with van der Waals surface area (Å²) in [6.07, 6.45) is 1.31. The Morgan fingerprint density at radius 2 is 1.87 bits per heavy atom. The summed E-state index contributed by atoms with van der Waals surface area (Å²) in [6, 6.07) is 12.2. The summed E-state index contributed by atoms with van der Waals surface area (Å²) < 4.78 is 0. The highest BCUT2D eigenvalue weighted by Crippen LogP contribution is 2.36. The predicted molar refractivity (Wildman–Crippen MR) is 64.8 cm³/mol. The number of rotatable bonds is 2. The molecule has 1 heteroatoms. The first-order chi connectivity index (χ1) is 7.18. The third kappa shape index (κ3) is 2.23. The molecule has 0 radical (unpaired) electrons. The van der Waals surface area contributed by atoms with Gasteiger partial charge in [-0.15, -0.1) is 0 Å². The molecular formula is C14H21N. The van der Waals surface area contributed by atoms with Crippen LogP contribution in [0.2, 0.25) is 0 Å². The lowest BCUT2D eigenvalue weighted by Crippen LogP contribution is -2.30. The van der Waals surface area contributed by atoms with Crippen LogP contribution in [-0.2, 0) is 0 Å². The van der Waals surface area contributed by atoms with E-state index in [0.29, 0.717) is 12.1 Å². The van der Waals surface area contributed by atoms with E-state index in [4.69, 9.17) is 0 Å². The molecule has 1 heterocycles. The Bertz CT molecular complexity index is 304. The van der Waals surface area contributed by atoms with Crippen molar-refractivity contribution in [1.29, 1.82) is 0 Å². The summed E-state index contributed by atoms with van der Waals surface area (Å²) >= 11 is 0. The van der Waals surface area contributed by atoms with Crippen molar-refractivity contribution < 1.29 is 0 Å². The van der Waals surface area contributed by atoms with Crippen molar-refractivity contribution in [2.75, 3.05) is 6.54 Å². The van der Waals surface area contributed by atoms with Crippen LogP contribution < -0.4 is 0 Å². The molecule has 0 aromatic heterocycles. The van der Waals surface area contributed by atoms with Crippen LogP contribution in [0.25, 0.3) is 0 Å². The fourth-order valence-electron chi connectivity index (χ4n) is 2.65. The Labute approximate surface area is 93.1 Å². The first-order valence-electron chi connectivity index (χ1n) is 5.99. The van der Waals surface area contributed by atoms with Gasteiger partial charge < -0.3 is 0 Å². The molecule has 2 rings (SSSR count). The van der Waals surface area contributed by atoms with Crippen LogP contribution in [0.3, 0.4) is 0 Å². The highest BCUT2D eigenvalue weighted by molar-refractivity contribution is 5.20. The standard InChI is InChI=1S/C14H21N/c1-11(2)15-10-12(3)9-14(15)13-7-5-4-6-8-13/h4-8,11-12,14H,9-10H2,1-3H3. The summed E-state index contributed by atoms with van der Waals surface area (Å²) in [4.78, 5) is 2.62. The van der Waals surface area contributed by atoms with Gasteiger partial charge in [-0.1, -0.05) is 37.3 Å². The van der Waals surface area contributed by atoms with Gasteiger partial charge in [0.1, 0.15) is 0 Å². The van der Waals surface area contributed by atoms with Crippen molar-refractivity contribution in [2.45, 2.75) is 39.3 Å². The van der Waals surface area contributed by atoms with Crippen molar-refractivity contribution in [1.82, 2.24) is 4.90 Å². The minimum Gasteiger partial charge on any atom is -0.294 e. The van der Waals surface area contributed by atoms with Crippen LogP contribution in [0.1, 0.15) is 38.8 Å². The Balaban J connectivity index is 2.21. The topological polar surface area (TPSA) is 3.24 Å². The first kappa shape index (κ1) is 10.7. The van der Waals surface area contributed by atoms with E-state index in [1.807, 2.05) is 0 Å². The molecule has 1 aliphatic rings. The lowest BCUT2D eigenvalue weighted by molar-refractivity contribution is 0.202. The van der Waals surface area contributed by atoms with Crippen LogP contribution in [0.4, 0.5) is 0 Å². The quantitative estimate of drug-likeness (QED) is 0.711. The van der Waals surface area contributed by atoms with Crippen LogP contribution >= 0.6 is 0 Å². The average molecular weight is 203 g/mol. The minimum atomic E-state index is 0.640. The van der Waals surface area contributed by atoms with Gasteiger partial charge in [0.15, 0.2) is 0 Å². The molecule has 0 spiro atoms. The third-order valence-electron chi connectivity index (χ3n) is 3.40. The number of benzene rings is 1. The second-order valence-corrected chi connectivity index (χ2v) is 5.06. The summed E-state index contributed by atoms with van der Waals surface area (Å²) in [5.74, 6) is 0.831. The second-order valence-electron chi connectivity index (χ2n) is 5.06. The first-order valence-corrected chi connectivity index (χ1v) is 5.99. The Hall–Kier alpha value is -0.820. The maximum Gasteiger partial charge on any atom is 0.0353 e. The summed E-state index contributed by atoms with van der Waals surface area (Å²) in [6.45, 7) is 8.21. The smallest absolute Gasteiger partial charge is 0.0353 e. The van der Waals surface area contributed by atoms with Crippen molar-refractivity contribution in [3.05, 3.63) is 35.9 Å². The zero-order valence-corrected chi connectivity index (χ0v) is 9.98. The molecule has 1 saturated heterocycles. The SMILES string of the molecule is CC1CC(c2ccccc2)N(C(C)C)C1. The van der Waals surface area contributed by atoms with Gasteiger partial charge in [0.2, 0.25) is 0 Å². The van der Waals surface area contributed by atoms with Crippen LogP contribution in [-0.4, -0.2) is 17.5 Å². The third-order valence-corrected chi connectivity index (χ3v) is 3.40.